The van der Waals surface area contributed by atoms with Crippen molar-refractivity contribution < 1.29 is 4.79 Å². The van der Waals surface area contributed by atoms with Crippen LogP contribution in [0.2, 0.25) is 0 Å². The van der Waals surface area contributed by atoms with Crippen LogP contribution < -0.4 is 5.32 Å². The molecule has 1 heterocycles. The van der Waals surface area contributed by atoms with Crippen LogP contribution >= 0.6 is 0 Å². The standard InChI is InChI=1S/C15H14N2O/c1-12-11-13(7-9-16-12)8-10-17-15(18)14-5-3-2-4-6-14/h1-7,9,11H,8,10H2,(H,17,18). The fourth-order valence-electron chi connectivity index (χ4n) is 1.66. The molecule has 2 rings (SSSR count). The first-order valence-electron chi connectivity index (χ1n) is 5.79. The van der Waals surface area contributed by atoms with Crippen molar-refractivity contribution in [3.63, 3.8) is 0 Å². The van der Waals surface area contributed by atoms with Crippen molar-refractivity contribution in [2.24, 2.45) is 0 Å². The van der Waals surface area contributed by atoms with E-state index in [1.54, 1.807) is 18.3 Å². The van der Waals surface area contributed by atoms with Gasteiger partial charge in [0.25, 0.3) is 5.91 Å². The first kappa shape index (κ1) is 12.3. The van der Waals surface area contributed by atoms with E-state index in [-0.39, 0.29) is 5.91 Å². The molecule has 90 valence electrons. The fraction of sp³-hybridized carbons (Fsp3) is 0.133. The van der Waals surface area contributed by atoms with Gasteiger partial charge in [0.15, 0.2) is 0 Å². The lowest BCUT2D eigenvalue weighted by atomic mass is 10.1. The molecule has 3 heteroatoms. The summed E-state index contributed by atoms with van der Waals surface area (Å²) in [5.41, 5.74) is 2.24. The molecule has 0 aliphatic rings. The Morgan fingerprint density at radius 1 is 1.22 bits per heavy atom. The monoisotopic (exact) mass is 238 g/mol. The number of rotatable bonds is 4. The highest BCUT2D eigenvalue weighted by molar-refractivity contribution is 5.94. The molecular weight excluding hydrogens is 224 g/mol. The number of pyridine rings is 1. The Morgan fingerprint density at radius 2 is 2.00 bits per heavy atom. The summed E-state index contributed by atoms with van der Waals surface area (Å²) in [4.78, 5) is 15.7. The quantitative estimate of drug-likeness (QED) is 0.886. The molecule has 0 atom stereocenters. The van der Waals surface area contributed by atoms with Gasteiger partial charge in [-0.2, -0.15) is 0 Å². The highest BCUT2D eigenvalue weighted by atomic mass is 16.1. The maximum atomic E-state index is 11.8. The number of benzene rings is 1. The second kappa shape index (κ2) is 5.96. The van der Waals surface area contributed by atoms with E-state index < -0.39 is 0 Å². The molecule has 0 aliphatic heterocycles. The lowest BCUT2D eigenvalue weighted by Crippen LogP contribution is -2.25. The molecular formula is C15H14N2O. The molecule has 2 aromatic rings. The van der Waals surface area contributed by atoms with Crippen molar-refractivity contribution in [2.45, 2.75) is 6.42 Å². The van der Waals surface area contributed by atoms with Crippen LogP contribution in [0, 0.1) is 6.92 Å². The zero-order valence-electron chi connectivity index (χ0n) is 9.97. The van der Waals surface area contributed by atoms with Gasteiger partial charge in [0, 0.05) is 30.9 Å². The van der Waals surface area contributed by atoms with Crippen LogP contribution in [0.1, 0.15) is 21.6 Å². The van der Waals surface area contributed by atoms with Crippen LogP contribution in [0.3, 0.4) is 0 Å². The van der Waals surface area contributed by atoms with Crippen molar-refractivity contribution in [3.05, 3.63) is 72.4 Å². The second-order valence-electron chi connectivity index (χ2n) is 3.96. The van der Waals surface area contributed by atoms with Gasteiger partial charge in [0.2, 0.25) is 0 Å². The van der Waals surface area contributed by atoms with Gasteiger partial charge in [-0.05, 0) is 36.2 Å². The summed E-state index contributed by atoms with van der Waals surface area (Å²) >= 11 is 0. The van der Waals surface area contributed by atoms with Crippen LogP contribution in [-0.2, 0) is 6.42 Å². The third-order valence-corrected chi connectivity index (χ3v) is 2.58. The third kappa shape index (κ3) is 3.42. The molecule has 1 N–H and O–H groups in total. The average molecular weight is 238 g/mol. The van der Waals surface area contributed by atoms with Crippen molar-refractivity contribution in [3.8, 4) is 0 Å². The zero-order valence-corrected chi connectivity index (χ0v) is 9.97. The fourth-order valence-corrected chi connectivity index (χ4v) is 1.66. The number of amides is 1. The van der Waals surface area contributed by atoms with Crippen molar-refractivity contribution >= 4 is 5.91 Å². The maximum absolute atomic E-state index is 11.8. The van der Waals surface area contributed by atoms with E-state index in [2.05, 4.69) is 10.3 Å². The zero-order chi connectivity index (χ0) is 12.8. The van der Waals surface area contributed by atoms with Crippen LogP contribution in [0.15, 0.2) is 48.7 Å². The molecule has 0 bridgehead atoms. The van der Waals surface area contributed by atoms with E-state index in [4.69, 9.17) is 6.92 Å². The summed E-state index contributed by atoms with van der Waals surface area (Å²) in [6.07, 6.45) is 2.41. The smallest absolute Gasteiger partial charge is 0.251 e. The predicted molar refractivity (Wildman–Crippen MR) is 70.1 cm³/mol. The van der Waals surface area contributed by atoms with Gasteiger partial charge in [-0.1, -0.05) is 18.2 Å². The molecule has 1 aromatic heterocycles. The highest BCUT2D eigenvalue weighted by Crippen LogP contribution is 2.02. The number of carbonyl (C=O) groups excluding carboxylic acids is 1. The minimum absolute atomic E-state index is 0.0578. The molecule has 18 heavy (non-hydrogen) atoms. The number of aromatic nitrogens is 1. The summed E-state index contributed by atoms with van der Waals surface area (Å²) in [5, 5.41) is 2.87. The minimum Gasteiger partial charge on any atom is -0.352 e. The molecule has 0 saturated heterocycles. The minimum atomic E-state index is -0.0578. The van der Waals surface area contributed by atoms with Crippen molar-refractivity contribution in [2.75, 3.05) is 6.54 Å². The molecule has 0 spiro atoms. The van der Waals surface area contributed by atoms with Gasteiger partial charge in [-0.15, -0.1) is 0 Å². The Balaban J connectivity index is 1.84. The molecule has 2 radical (unpaired) electrons. The first-order chi connectivity index (χ1) is 8.75. The molecule has 1 aromatic carbocycles. The van der Waals surface area contributed by atoms with E-state index in [0.29, 0.717) is 17.8 Å². The Morgan fingerprint density at radius 3 is 2.72 bits per heavy atom. The molecule has 0 unspecified atom stereocenters. The largest absolute Gasteiger partial charge is 0.352 e. The SMILES string of the molecule is [CH]c1cc(CCNC(=O)c2ccccc2)ccn1. The van der Waals surface area contributed by atoms with Gasteiger partial charge in [-0.25, -0.2) is 0 Å². The Labute approximate surface area is 107 Å². The van der Waals surface area contributed by atoms with Crippen molar-refractivity contribution in [1.82, 2.24) is 10.3 Å². The number of carbonyl (C=O) groups is 1. The van der Waals surface area contributed by atoms with Crippen LogP contribution in [-0.4, -0.2) is 17.4 Å². The van der Waals surface area contributed by atoms with E-state index >= 15 is 0 Å². The normalized spacial score (nSPS) is 10.1. The Bertz CT molecular complexity index is 523. The number of hydrogen-bond acceptors (Lipinski definition) is 2. The van der Waals surface area contributed by atoms with E-state index in [1.165, 1.54) is 0 Å². The van der Waals surface area contributed by atoms with Crippen LogP contribution in [0.4, 0.5) is 0 Å². The third-order valence-electron chi connectivity index (χ3n) is 2.58. The van der Waals surface area contributed by atoms with Crippen molar-refractivity contribution in [1.29, 1.82) is 0 Å². The molecule has 0 saturated carbocycles. The Hall–Kier alpha value is -2.16. The molecule has 1 amide bonds. The summed E-state index contributed by atoms with van der Waals surface area (Å²) in [5.74, 6) is -0.0578. The molecule has 0 fully saturated rings. The number of nitrogens with zero attached hydrogens (tertiary/aromatic N) is 1. The van der Waals surface area contributed by atoms with E-state index in [0.717, 1.165) is 12.0 Å². The molecule has 0 aliphatic carbocycles. The number of nitrogens with one attached hydrogen (secondary N) is 1. The van der Waals surface area contributed by atoms with Gasteiger partial charge < -0.3 is 5.32 Å². The summed E-state index contributed by atoms with van der Waals surface area (Å²) in [6.45, 7) is 6.16. The predicted octanol–water partition coefficient (Wildman–Crippen LogP) is 2.11. The lowest BCUT2D eigenvalue weighted by molar-refractivity contribution is 0.0954. The molecule has 3 nitrogen and oxygen atoms in total. The number of hydrogen-bond donors (Lipinski definition) is 1. The van der Waals surface area contributed by atoms with Crippen LogP contribution in [0.25, 0.3) is 0 Å². The Kier molecular flexibility index (Phi) is 4.07. The second-order valence-corrected chi connectivity index (χ2v) is 3.96. The highest BCUT2D eigenvalue weighted by Gasteiger charge is 2.03. The summed E-state index contributed by atoms with van der Waals surface area (Å²) < 4.78 is 0. The van der Waals surface area contributed by atoms with Gasteiger partial charge >= 0.3 is 0 Å². The maximum Gasteiger partial charge on any atom is 0.251 e. The van der Waals surface area contributed by atoms with E-state index in [9.17, 15) is 4.79 Å². The van der Waals surface area contributed by atoms with Gasteiger partial charge in [0.1, 0.15) is 0 Å². The van der Waals surface area contributed by atoms with Gasteiger partial charge in [-0.3, -0.25) is 9.78 Å². The summed E-state index contributed by atoms with van der Waals surface area (Å²) in [7, 11) is 0. The van der Waals surface area contributed by atoms with E-state index in [1.807, 2.05) is 30.3 Å². The van der Waals surface area contributed by atoms with Gasteiger partial charge in [0.05, 0.1) is 0 Å². The first-order valence-corrected chi connectivity index (χ1v) is 5.79. The lowest BCUT2D eigenvalue weighted by Gasteiger charge is -2.05. The average Bonchev–Trinajstić information content (AvgIpc) is 2.40. The van der Waals surface area contributed by atoms with Crippen LogP contribution in [0.5, 0.6) is 0 Å². The topological polar surface area (TPSA) is 42.0 Å². The summed E-state index contributed by atoms with van der Waals surface area (Å²) in [6, 6.07) is 12.9.